The zero-order valence-electron chi connectivity index (χ0n) is 20.9. The molecule has 0 atom stereocenters. The molecule has 206 valence electrons. The molecule has 0 radical (unpaired) electrons. The third kappa shape index (κ3) is 6.95. The summed E-state index contributed by atoms with van der Waals surface area (Å²) in [5, 5.41) is 0.390. The van der Waals surface area contributed by atoms with Gasteiger partial charge in [-0.2, -0.15) is 13.2 Å². The number of aromatic nitrogens is 3. The van der Waals surface area contributed by atoms with E-state index in [0.717, 1.165) is 25.1 Å². The average Bonchev–Trinajstić information content (AvgIpc) is 3.65. The van der Waals surface area contributed by atoms with Crippen molar-refractivity contribution in [3.8, 4) is 0 Å². The number of allylic oxidation sites excluding steroid dienone is 3. The van der Waals surface area contributed by atoms with Crippen molar-refractivity contribution >= 4 is 17.4 Å². The van der Waals surface area contributed by atoms with Crippen molar-refractivity contribution in [1.82, 2.24) is 14.5 Å². The number of hydrogen-bond donors (Lipinski definition) is 0. The second-order valence-corrected chi connectivity index (χ2v) is 9.98. The molecule has 2 aromatic heterocycles. The first kappa shape index (κ1) is 28.1. The number of methoxy groups -OCH3 is 1. The molecular weight excluding hydrogens is 529 g/mol. The molecule has 4 rings (SSSR count). The first-order chi connectivity index (χ1) is 18.0. The first-order valence-electron chi connectivity index (χ1n) is 12.4. The smallest absolute Gasteiger partial charge is 0.417 e. The SMILES string of the molecule is C=C/C(=C\C=C(\OC)c1nc(C2CCC(F)(F)CC2)n(CC2CC2)c1Cl)OCc1ccc(C(F)(F)F)cn1. The van der Waals surface area contributed by atoms with Crippen molar-refractivity contribution in [3.63, 3.8) is 0 Å². The molecule has 0 aromatic carbocycles. The Kier molecular flexibility index (Phi) is 8.49. The molecule has 2 heterocycles. The van der Waals surface area contributed by atoms with Crippen LogP contribution in [-0.4, -0.2) is 27.6 Å². The standard InChI is InChI=1S/C27H29ClF5N3O2/c1-3-21(38-16-20-7-6-19(14-34-20)27(31,32)33)8-9-22(37-2)23-24(28)36(15-17-4-5-17)25(35-23)18-10-12-26(29,30)13-11-18/h3,6-9,14,17-18H,1,4-5,10-13,15-16H2,2H3/b21-8+,22-9+. The number of ether oxygens (including phenoxy) is 2. The van der Waals surface area contributed by atoms with Crippen LogP contribution in [0.3, 0.4) is 0 Å². The molecule has 0 N–H and O–H groups in total. The molecule has 2 saturated carbocycles. The van der Waals surface area contributed by atoms with Crippen molar-refractivity contribution in [1.29, 1.82) is 0 Å². The van der Waals surface area contributed by atoms with Gasteiger partial charge < -0.3 is 14.0 Å². The molecule has 2 aromatic rings. The lowest BCUT2D eigenvalue weighted by Gasteiger charge is -2.28. The van der Waals surface area contributed by atoms with Crippen molar-refractivity contribution in [2.45, 2.75) is 69.7 Å². The van der Waals surface area contributed by atoms with Crippen LogP contribution in [0.4, 0.5) is 22.0 Å². The lowest BCUT2D eigenvalue weighted by atomic mass is 9.86. The van der Waals surface area contributed by atoms with Gasteiger partial charge in [-0.05, 0) is 62.0 Å². The largest absolute Gasteiger partial charge is 0.494 e. The average molecular weight is 558 g/mol. The second-order valence-electron chi connectivity index (χ2n) is 9.63. The van der Waals surface area contributed by atoms with E-state index in [-0.39, 0.29) is 25.4 Å². The van der Waals surface area contributed by atoms with Crippen molar-refractivity contribution in [2.75, 3.05) is 7.11 Å². The molecule has 0 spiro atoms. The van der Waals surface area contributed by atoms with Crippen LogP contribution < -0.4 is 0 Å². The van der Waals surface area contributed by atoms with E-state index in [1.807, 2.05) is 4.57 Å². The quantitative estimate of drug-likeness (QED) is 0.169. The minimum absolute atomic E-state index is 0.0701. The fourth-order valence-electron chi connectivity index (χ4n) is 4.36. The number of hydrogen-bond acceptors (Lipinski definition) is 4. The van der Waals surface area contributed by atoms with Crippen LogP contribution in [0.2, 0.25) is 5.15 Å². The van der Waals surface area contributed by atoms with Crippen LogP contribution in [-0.2, 0) is 28.8 Å². The summed E-state index contributed by atoms with van der Waals surface area (Å²) in [5.74, 6) is -0.888. The zero-order chi connectivity index (χ0) is 27.5. The Bertz CT molecular complexity index is 1190. The summed E-state index contributed by atoms with van der Waals surface area (Å²) in [5.41, 5.74) is -0.120. The molecule has 0 unspecified atom stereocenters. The highest BCUT2D eigenvalue weighted by molar-refractivity contribution is 6.31. The second kappa shape index (κ2) is 11.5. The van der Waals surface area contributed by atoms with Gasteiger partial charge in [0.05, 0.1) is 18.4 Å². The first-order valence-corrected chi connectivity index (χ1v) is 12.8. The van der Waals surface area contributed by atoms with E-state index >= 15 is 0 Å². The third-order valence-corrected chi connectivity index (χ3v) is 7.13. The molecule has 38 heavy (non-hydrogen) atoms. The van der Waals surface area contributed by atoms with Crippen LogP contribution in [0, 0.1) is 5.92 Å². The number of nitrogens with zero attached hydrogens (tertiary/aromatic N) is 3. The number of rotatable bonds is 10. The molecule has 2 aliphatic carbocycles. The normalized spacial score (nSPS) is 18.9. The van der Waals surface area contributed by atoms with E-state index in [2.05, 4.69) is 11.6 Å². The highest BCUT2D eigenvalue weighted by atomic mass is 35.5. The van der Waals surface area contributed by atoms with E-state index in [1.54, 1.807) is 12.2 Å². The Labute approximate surface area is 223 Å². The van der Waals surface area contributed by atoms with Crippen molar-refractivity contribution < 1.29 is 31.4 Å². The van der Waals surface area contributed by atoms with Gasteiger partial charge in [0.25, 0.3) is 0 Å². The van der Waals surface area contributed by atoms with Gasteiger partial charge in [0.2, 0.25) is 5.92 Å². The molecule has 2 fully saturated rings. The topological polar surface area (TPSA) is 49.2 Å². The van der Waals surface area contributed by atoms with Crippen LogP contribution >= 0.6 is 11.6 Å². The lowest BCUT2D eigenvalue weighted by Crippen LogP contribution is -2.25. The van der Waals surface area contributed by atoms with Crippen LogP contribution in [0.15, 0.2) is 48.9 Å². The van der Waals surface area contributed by atoms with E-state index in [1.165, 1.54) is 19.3 Å². The van der Waals surface area contributed by atoms with Gasteiger partial charge in [0.1, 0.15) is 34.8 Å². The van der Waals surface area contributed by atoms with Crippen molar-refractivity contribution in [3.05, 3.63) is 76.8 Å². The zero-order valence-corrected chi connectivity index (χ0v) is 21.7. The van der Waals surface area contributed by atoms with E-state index in [4.69, 9.17) is 26.1 Å². The predicted molar refractivity (Wildman–Crippen MR) is 133 cm³/mol. The monoisotopic (exact) mass is 557 g/mol. The van der Waals surface area contributed by atoms with Gasteiger partial charge in [-0.3, -0.25) is 4.98 Å². The molecule has 0 amide bonds. The number of alkyl halides is 5. The molecule has 0 saturated heterocycles. The Hall–Kier alpha value is -2.88. The molecule has 0 aliphatic heterocycles. The molecular formula is C27H29ClF5N3O2. The maximum absolute atomic E-state index is 13.8. The van der Waals surface area contributed by atoms with E-state index in [9.17, 15) is 22.0 Å². The van der Waals surface area contributed by atoms with Crippen molar-refractivity contribution in [2.24, 2.45) is 5.92 Å². The molecule has 5 nitrogen and oxygen atoms in total. The van der Waals surface area contributed by atoms with Crippen LogP contribution in [0.25, 0.3) is 5.76 Å². The predicted octanol–water partition coefficient (Wildman–Crippen LogP) is 7.93. The summed E-state index contributed by atoms with van der Waals surface area (Å²) in [6.07, 6.45) is 3.41. The highest BCUT2D eigenvalue weighted by Crippen LogP contribution is 2.43. The summed E-state index contributed by atoms with van der Waals surface area (Å²) in [4.78, 5) is 8.55. The highest BCUT2D eigenvalue weighted by Gasteiger charge is 2.38. The number of halogens is 6. The minimum atomic E-state index is -4.46. The lowest BCUT2D eigenvalue weighted by molar-refractivity contribution is -0.137. The Balaban J connectivity index is 1.53. The molecule has 11 heteroatoms. The molecule has 0 bridgehead atoms. The maximum Gasteiger partial charge on any atom is 0.417 e. The Morgan fingerprint density at radius 3 is 2.45 bits per heavy atom. The third-order valence-electron chi connectivity index (χ3n) is 6.75. The van der Waals surface area contributed by atoms with Gasteiger partial charge >= 0.3 is 6.18 Å². The van der Waals surface area contributed by atoms with Gasteiger partial charge in [0, 0.05) is 31.5 Å². The Morgan fingerprint density at radius 1 is 1.18 bits per heavy atom. The van der Waals surface area contributed by atoms with E-state index in [0.29, 0.717) is 59.2 Å². The minimum Gasteiger partial charge on any atom is -0.494 e. The van der Waals surface area contributed by atoms with Gasteiger partial charge in [-0.15, -0.1) is 0 Å². The van der Waals surface area contributed by atoms with Gasteiger partial charge in [-0.1, -0.05) is 18.2 Å². The fraction of sp³-hybridized carbons (Fsp3) is 0.481. The van der Waals surface area contributed by atoms with Gasteiger partial charge in [0.15, 0.2) is 0 Å². The number of pyridine rings is 1. The summed E-state index contributed by atoms with van der Waals surface area (Å²) >= 11 is 6.76. The van der Waals surface area contributed by atoms with Crippen LogP contribution in [0.5, 0.6) is 0 Å². The maximum atomic E-state index is 13.8. The number of imidazole rings is 1. The Morgan fingerprint density at radius 2 is 1.89 bits per heavy atom. The summed E-state index contributed by atoms with van der Waals surface area (Å²) < 4.78 is 78.9. The summed E-state index contributed by atoms with van der Waals surface area (Å²) in [6, 6.07) is 2.19. The fourth-order valence-corrected chi connectivity index (χ4v) is 4.65. The van der Waals surface area contributed by atoms with E-state index < -0.39 is 17.7 Å². The molecule has 2 aliphatic rings. The summed E-state index contributed by atoms with van der Waals surface area (Å²) in [6.45, 7) is 4.32. The summed E-state index contributed by atoms with van der Waals surface area (Å²) in [7, 11) is 1.47. The van der Waals surface area contributed by atoms with Crippen LogP contribution in [0.1, 0.15) is 67.2 Å². The van der Waals surface area contributed by atoms with Gasteiger partial charge in [-0.25, -0.2) is 13.8 Å².